The molecule has 3 rings (SSSR count). The first-order valence-corrected chi connectivity index (χ1v) is 8.68. The minimum absolute atomic E-state index is 0.154. The van der Waals surface area contributed by atoms with Crippen molar-refractivity contribution in [3.05, 3.63) is 49.1 Å². The van der Waals surface area contributed by atoms with Crippen LogP contribution in [0.1, 0.15) is 12.8 Å². The molecule has 0 atom stereocenters. The van der Waals surface area contributed by atoms with E-state index in [9.17, 15) is 18.3 Å². The highest BCUT2D eigenvalue weighted by Gasteiger charge is 2.45. The average Bonchev–Trinajstić information content (AvgIpc) is 3.10. The molecule has 1 aliphatic heterocycles. The average molecular weight is 335 g/mol. The van der Waals surface area contributed by atoms with Crippen LogP contribution in [0.2, 0.25) is 0 Å². The van der Waals surface area contributed by atoms with Crippen LogP contribution in [0.3, 0.4) is 0 Å². The van der Waals surface area contributed by atoms with E-state index in [-0.39, 0.29) is 30.8 Å². The van der Waals surface area contributed by atoms with Gasteiger partial charge in [-0.25, -0.2) is 18.2 Å². The Kier molecular flexibility index (Phi) is 3.95. The number of carboxylic acid groups (broad SMARTS) is 1. The van der Waals surface area contributed by atoms with E-state index in [1.807, 2.05) is 0 Å². The van der Waals surface area contributed by atoms with Crippen LogP contribution in [0.25, 0.3) is 0 Å². The summed E-state index contributed by atoms with van der Waals surface area (Å²) in [5.74, 6) is -0.966. The molecule has 1 N–H and O–H groups in total. The molecule has 2 heterocycles. The molecule has 1 fully saturated rings. The van der Waals surface area contributed by atoms with Gasteiger partial charge >= 0.3 is 5.97 Å². The van der Waals surface area contributed by atoms with Crippen LogP contribution in [-0.2, 0) is 20.4 Å². The van der Waals surface area contributed by atoms with Crippen LogP contribution >= 0.6 is 0 Å². The second-order valence-corrected chi connectivity index (χ2v) is 7.46. The van der Waals surface area contributed by atoms with E-state index in [1.165, 1.54) is 16.8 Å². The fraction of sp³-hybridized carbons (Fsp3) is 0.333. The Hall–Kier alpha value is -2.19. The van der Waals surface area contributed by atoms with Gasteiger partial charge in [-0.1, -0.05) is 18.2 Å². The lowest BCUT2D eigenvalue weighted by molar-refractivity contribution is -0.149. The van der Waals surface area contributed by atoms with Gasteiger partial charge in [0.2, 0.25) is 10.0 Å². The van der Waals surface area contributed by atoms with Gasteiger partial charge in [0, 0.05) is 25.5 Å². The molecule has 8 heteroatoms. The van der Waals surface area contributed by atoms with Gasteiger partial charge < -0.3 is 9.67 Å². The molecule has 2 aromatic rings. The Balaban J connectivity index is 1.84. The maximum atomic E-state index is 12.6. The van der Waals surface area contributed by atoms with Gasteiger partial charge in [0.1, 0.15) is 5.54 Å². The number of benzene rings is 1. The summed E-state index contributed by atoms with van der Waals surface area (Å²) in [6, 6.07) is 8.19. The van der Waals surface area contributed by atoms with Crippen molar-refractivity contribution in [2.24, 2.45) is 0 Å². The predicted octanol–water partition coefficient (Wildman–Crippen LogP) is 1.15. The summed E-state index contributed by atoms with van der Waals surface area (Å²) >= 11 is 0. The lowest BCUT2D eigenvalue weighted by Crippen LogP contribution is -2.51. The van der Waals surface area contributed by atoms with E-state index in [1.54, 1.807) is 41.1 Å². The standard InChI is InChI=1S/C15H17N3O4S/c19-14(20)15(17-11-8-16-12-17)6-9-18(10-7-15)23(21,22)13-4-2-1-3-5-13/h1-5,8,11-12H,6-7,9-10H2,(H,19,20). The summed E-state index contributed by atoms with van der Waals surface area (Å²) in [6.45, 7) is 0.309. The molecule has 122 valence electrons. The van der Waals surface area contributed by atoms with Crippen molar-refractivity contribution < 1.29 is 18.3 Å². The minimum Gasteiger partial charge on any atom is -0.479 e. The normalized spacial score (nSPS) is 18.6. The smallest absolute Gasteiger partial charge is 0.330 e. The number of hydrogen-bond acceptors (Lipinski definition) is 4. The lowest BCUT2D eigenvalue weighted by Gasteiger charge is -2.38. The number of aliphatic carboxylic acids is 1. The predicted molar refractivity (Wildman–Crippen MR) is 82.3 cm³/mol. The van der Waals surface area contributed by atoms with E-state index in [2.05, 4.69) is 4.98 Å². The first-order chi connectivity index (χ1) is 11.0. The molecule has 0 amide bonds. The van der Waals surface area contributed by atoms with Crippen molar-refractivity contribution >= 4 is 16.0 Å². The summed E-state index contributed by atoms with van der Waals surface area (Å²) in [7, 11) is -3.59. The van der Waals surface area contributed by atoms with Gasteiger partial charge in [0.05, 0.1) is 11.2 Å². The van der Waals surface area contributed by atoms with E-state index in [0.717, 1.165) is 0 Å². The van der Waals surface area contributed by atoms with E-state index in [4.69, 9.17) is 0 Å². The van der Waals surface area contributed by atoms with Crippen molar-refractivity contribution in [2.75, 3.05) is 13.1 Å². The molecule has 7 nitrogen and oxygen atoms in total. The fourth-order valence-electron chi connectivity index (χ4n) is 2.93. The molecule has 1 aliphatic rings. The zero-order chi connectivity index (χ0) is 16.5. The second kappa shape index (κ2) is 5.78. The van der Waals surface area contributed by atoms with Gasteiger partial charge in [0.15, 0.2) is 0 Å². The van der Waals surface area contributed by atoms with Gasteiger partial charge in [0.25, 0.3) is 0 Å². The Labute approximate surface area is 134 Å². The molecular formula is C15H17N3O4S. The molecule has 1 aromatic carbocycles. The molecule has 0 bridgehead atoms. The SMILES string of the molecule is O=C(O)C1(n2ccnc2)CCN(S(=O)(=O)c2ccccc2)CC1. The minimum atomic E-state index is -3.59. The number of piperidine rings is 1. The molecule has 0 aliphatic carbocycles. The summed E-state index contributed by atoms with van der Waals surface area (Å²) in [4.78, 5) is 15.9. The third kappa shape index (κ3) is 2.64. The number of hydrogen-bond donors (Lipinski definition) is 1. The highest BCUT2D eigenvalue weighted by molar-refractivity contribution is 7.89. The molecule has 23 heavy (non-hydrogen) atoms. The summed E-state index contributed by atoms with van der Waals surface area (Å²) in [6.07, 6.45) is 5.00. The lowest BCUT2D eigenvalue weighted by atomic mass is 9.88. The number of nitrogens with zero attached hydrogens (tertiary/aromatic N) is 3. The Morgan fingerprint density at radius 1 is 1.17 bits per heavy atom. The van der Waals surface area contributed by atoms with Crippen LogP contribution < -0.4 is 0 Å². The summed E-state index contributed by atoms with van der Waals surface area (Å²) in [5.41, 5.74) is -1.14. The zero-order valence-corrected chi connectivity index (χ0v) is 13.2. The third-order valence-electron chi connectivity index (χ3n) is 4.33. The van der Waals surface area contributed by atoms with Crippen molar-refractivity contribution in [2.45, 2.75) is 23.3 Å². The third-order valence-corrected chi connectivity index (χ3v) is 6.24. The molecule has 0 unspecified atom stereocenters. The fourth-order valence-corrected chi connectivity index (χ4v) is 4.40. The first-order valence-electron chi connectivity index (χ1n) is 7.24. The van der Waals surface area contributed by atoms with E-state index >= 15 is 0 Å². The molecule has 0 radical (unpaired) electrons. The molecule has 0 spiro atoms. The van der Waals surface area contributed by atoms with Crippen molar-refractivity contribution in [3.8, 4) is 0 Å². The highest BCUT2D eigenvalue weighted by atomic mass is 32.2. The van der Waals surface area contributed by atoms with Crippen molar-refractivity contribution in [1.82, 2.24) is 13.9 Å². The van der Waals surface area contributed by atoms with Crippen LogP contribution in [0.5, 0.6) is 0 Å². The zero-order valence-electron chi connectivity index (χ0n) is 12.4. The summed E-state index contributed by atoms with van der Waals surface area (Å²) < 4.78 is 28.1. The molecule has 1 aromatic heterocycles. The van der Waals surface area contributed by atoms with Crippen molar-refractivity contribution in [1.29, 1.82) is 0 Å². The van der Waals surface area contributed by atoms with Crippen molar-refractivity contribution in [3.63, 3.8) is 0 Å². The second-order valence-electron chi connectivity index (χ2n) is 5.52. The summed E-state index contributed by atoms with van der Waals surface area (Å²) in [5, 5.41) is 9.65. The molecule has 0 saturated carbocycles. The topological polar surface area (TPSA) is 92.5 Å². The monoisotopic (exact) mass is 335 g/mol. The molecule has 1 saturated heterocycles. The van der Waals surface area contributed by atoms with Crippen LogP contribution in [0, 0.1) is 0 Å². The Bertz CT molecular complexity index is 779. The highest BCUT2D eigenvalue weighted by Crippen LogP contribution is 2.32. The number of carbonyl (C=O) groups is 1. The Morgan fingerprint density at radius 2 is 1.83 bits per heavy atom. The first kappa shape index (κ1) is 15.7. The van der Waals surface area contributed by atoms with Gasteiger partial charge in [-0.2, -0.15) is 4.31 Å². The number of sulfonamides is 1. The van der Waals surface area contributed by atoms with Gasteiger partial charge in [-0.3, -0.25) is 0 Å². The maximum absolute atomic E-state index is 12.6. The number of imidazole rings is 1. The number of aromatic nitrogens is 2. The maximum Gasteiger partial charge on any atom is 0.330 e. The quantitative estimate of drug-likeness (QED) is 0.905. The van der Waals surface area contributed by atoms with E-state index in [0.29, 0.717) is 0 Å². The van der Waals surface area contributed by atoms with Gasteiger partial charge in [-0.15, -0.1) is 0 Å². The number of rotatable bonds is 4. The number of carboxylic acids is 1. The van der Waals surface area contributed by atoms with E-state index < -0.39 is 21.5 Å². The van der Waals surface area contributed by atoms with Gasteiger partial charge in [-0.05, 0) is 25.0 Å². The Morgan fingerprint density at radius 3 is 2.35 bits per heavy atom. The van der Waals surface area contributed by atoms with Crippen LogP contribution in [0.15, 0.2) is 53.9 Å². The van der Waals surface area contributed by atoms with Crippen LogP contribution in [0.4, 0.5) is 0 Å². The largest absolute Gasteiger partial charge is 0.479 e. The molecular weight excluding hydrogens is 318 g/mol. The van der Waals surface area contributed by atoms with Crippen LogP contribution in [-0.4, -0.2) is 46.4 Å².